The van der Waals surface area contributed by atoms with Crippen molar-refractivity contribution in [2.45, 2.75) is 74.6 Å². The lowest BCUT2D eigenvalue weighted by Crippen LogP contribution is -3.16. The van der Waals surface area contributed by atoms with Gasteiger partial charge in [0.15, 0.2) is 0 Å². The van der Waals surface area contributed by atoms with Crippen LogP contribution in [0.2, 0.25) is 0 Å². The van der Waals surface area contributed by atoms with Gasteiger partial charge in [-0.2, -0.15) is 0 Å². The highest BCUT2D eigenvalue weighted by atomic mass is 79.9. The van der Waals surface area contributed by atoms with Crippen molar-refractivity contribution in [1.82, 2.24) is 0 Å². The molecule has 0 aromatic heterocycles. The SMILES string of the molecule is CCCCCCC1(c2cccc(OCCCCBr)c2)[NH+]([O-])C(C)c2ccccc2S1=O. The predicted molar refractivity (Wildman–Crippen MR) is 131 cm³/mol. The number of halogens is 1. The van der Waals surface area contributed by atoms with Gasteiger partial charge in [0.1, 0.15) is 22.6 Å². The van der Waals surface area contributed by atoms with Crippen LogP contribution in [-0.4, -0.2) is 16.1 Å². The Morgan fingerprint density at radius 1 is 1.10 bits per heavy atom. The van der Waals surface area contributed by atoms with Gasteiger partial charge in [0.25, 0.3) is 0 Å². The molecular formula is C25H34BrNO3S. The summed E-state index contributed by atoms with van der Waals surface area (Å²) in [4.78, 5) is -0.217. The van der Waals surface area contributed by atoms with Gasteiger partial charge in [-0.15, -0.1) is 0 Å². The summed E-state index contributed by atoms with van der Waals surface area (Å²) in [7, 11) is -1.45. The number of hydroxylamine groups is 2. The molecule has 4 atom stereocenters. The van der Waals surface area contributed by atoms with Crippen molar-refractivity contribution >= 4 is 26.7 Å². The number of hydrogen-bond acceptors (Lipinski definition) is 3. The van der Waals surface area contributed by atoms with Crippen LogP contribution in [-0.2, 0) is 15.7 Å². The van der Waals surface area contributed by atoms with Crippen molar-refractivity contribution in [3.05, 3.63) is 64.9 Å². The molecule has 0 spiro atoms. The topological polar surface area (TPSA) is 53.8 Å². The van der Waals surface area contributed by atoms with Gasteiger partial charge in [0.2, 0.25) is 4.87 Å². The maximum absolute atomic E-state index is 14.0. The first-order chi connectivity index (χ1) is 15.1. The molecule has 2 aromatic carbocycles. The van der Waals surface area contributed by atoms with Crippen molar-refractivity contribution < 1.29 is 14.0 Å². The van der Waals surface area contributed by atoms with Crippen LogP contribution in [0.15, 0.2) is 53.4 Å². The Kier molecular flexibility index (Phi) is 9.14. The minimum absolute atomic E-state index is 0.0671. The predicted octanol–water partition coefficient (Wildman–Crippen LogP) is 5.63. The summed E-state index contributed by atoms with van der Waals surface area (Å²) < 4.78 is 20.0. The summed E-state index contributed by atoms with van der Waals surface area (Å²) in [6, 6.07) is 15.2. The van der Waals surface area contributed by atoms with Gasteiger partial charge in [-0.05, 0) is 44.4 Å². The molecule has 0 bridgehead atoms. The van der Waals surface area contributed by atoms with E-state index < -0.39 is 15.7 Å². The maximum Gasteiger partial charge on any atom is 0.203 e. The standard InChI is InChI=1S/C25H34BrNO3S/c1-3-4-5-8-16-25(21-12-11-13-22(19-21)30-18-10-9-17-26)27(28)20(2)23-14-6-7-15-24(23)31(25)29/h6-7,11-15,19-20,27H,3-5,8-10,16-18H2,1-2H3. The summed E-state index contributed by atoms with van der Waals surface area (Å²) >= 11 is 3.45. The highest BCUT2D eigenvalue weighted by Gasteiger charge is 2.51. The Balaban J connectivity index is 1.99. The smallest absolute Gasteiger partial charge is 0.203 e. The fraction of sp³-hybridized carbons (Fsp3) is 0.520. The molecule has 1 N–H and O–H groups in total. The number of rotatable bonds is 11. The van der Waals surface area contributed by atoms with Crippen molar-refractivity contribution in [2.24, 2.45) is 0 Å². The third-order valence-electron chi connectivity index (χ3n) is 6.17. The van der Waals surface area contributed by atoms with E-state index in [2.05, 4.69) is 22.9 Å². The monoisotopic (exact) mass is 507 g/mol. The first-order valence-electron chi connectivity index (χ1n) is 11.4. The average molecular weight is 509 g/mol. The number of quaternary nitrogens is 1. The molecule has 1 aliphatic rings. The summed E-state index contributed by atoms with van der Waals surface area (Å²) in [5.74, 6) is 0.747. The first-order valence-corrected chi connectivity index (χ1v) is 13.7. The molecule has 0 amide bonds. The minimum atomic E-state index is -1.45. The molecule has 4 nitrogen and oxygen atoms in total. The van der Waals surface area contributed by atoms with Gasteiger partial charge in [0.05, 0.1) is 11.5 Å². The van der Waals surface area contributed by atoms with Crippen LogP contribution in [0.5, 0.6) is 5.75 Å². The van der Waals surface area contributed by atoms with Gasteiger partial charge in [-0.25, -0.2) is 4.21 Å². The highest BCUT2D eigenvalue weighted by Crippen LogP contribution is 2.40. The summed E-state index contributed by atoms with van der Waals surface area (Å²) in [5.41, 5.74) is 1.73. The fourth-order valence-electron chi connectivity index (χ4n) is 4.41. The van der Waals surface area contributed by atoms with Crippen molar-refractivity contribution in [3.63, 3.8) is 0 Å². The second kappa shape index (κ2) is 11.6. The number of benzene rings is 2. The summed E-state index contributed by atoms with van der Waals surface area (Å²) in [5, 5.41) is 14.9. The van der Waals surface area contributed by atoms with E-state index in [9.17, 15) is 9.42 Å². The summed E-state index contributed by atoms with van der Waals surface area (Å²) in [6.45, 7) is 4.77. The molecular weight excluding hydrogens is 474 g/mol. The molecule has 31 heavy (non-hydrogen) atoms. The maximum atomic E-state index is 14.0. The summed E-state index contributed by atoms with van der Waals surface area (Å²) in [6.07, 6.45) is 6.80. The third-order valence-corrected chi connectivity index (χ3v) is 8.78. The van der Waals surface area contributed by atoms with Crippen LogP contribution < -0.4 is 9.80 Å². The lowest BCUT2D eigenvalue weighted by Gasteiger charge is -2.49. The number of alkyl halides is 1. The van der Waals surface area contributed by atoms with Crippen molar-refractivity contribution in [2.75, 3.05) is 11.9 Å². The van der Waals surface area contributed by atoms with Gasteiger partial charge in [0, 0.05) is 22.9 Å². The normalized spacial score (nSPS) is 25.2. The van der Waals surface area contributed by atoms with E-state index in [1.165, 1.54) is 0 Å². The Morgan fingerprint density at radius 2 is 1.90 bits per heavy atom. The molecule has 0 saturated carbocycles. The minimum Gasteiger partial charge on any atom is -0.633 e. The van der Waals surface area contributed by atoms with Crippen molar-refractivity contribution in [3.8, 4) is 5.75 Å². The quantitative estimate of drug-likeness (QED) is 0.243. The molecule has 1 heterocycles. The van der Waals surface area contributed by atoms with E-state index in [0.717, 1.165) is 65.6 Å². The van der Waals surface area contributed by atoms with E-state index in [1.54, 1.807) is 0 Å². The Hall–Kier alpha value is -1.21. The number of fused-ring (bicyclic) bond motifs is 1. The molecule has 0 saturated heterocycles. The molecule has 1 aliphatic heterocycles. The average Bonchev–Trinajstić information content (AvgIpc) is 2.80. The Labute approximate surface area is 197 Å². The van der Waals surface area contributed by atoms with E-state index >= 15 is 0 Å². The lowest BCUT2D eigenvalue weighted by molar-refractivity contribution is -0.926. The zero-order valence-corrected chi connectivity index (χ0v) is 21.0. The molecule has 4 unspecified atom stereocenters. The van der Waals surface area contributed by atoms with Gasteiger partial charge >= 0.3 is 0 Å². The molecule has 2 aromatic rings. The molecule has 6 heteroatoms. The van der Waals surface area contributed by atoms with Crippen LogP contribution >= 0.6 is 15.9 Å². The van der Waals surface area contributed by atoms with E-state index in [-0.39, 0.29) is 11.1 Å². The highest BCUT2D eigenvalue weighted by molar-refractivity contribution is 9.09. The Morgan fingerprint density at radius 3 is 2.68 bits per heavy atom. The number of unbranched alkanes of at least 4 members (excludes halogenated alkanes) is 4. The number of hydrogen-bond donors (Lipinski definition) is 1. The van der Waals surface area contributed by atoms with E-state index in [1.807, 2.05) is 55.5 Å². The zero-order valence-electron chi connectivity index (χ0n) is 18.6. The second-order valence-electron chi connectivity index (χ2n) is 8.30. The van der Waals surface area contributed by atoms with Crippen LogP contribution in [0.1, 0.15) is 76.0 Å². The van der Waals surface area contributed by atoms with Gasteiger partial charge < -0.3 is 15.0 Å². The number of ether oxygens (including phenoxy) is 1. The Bertz CT molecular complexity index is 877. The third kappa shape index (κ3) is 5.24. The largest absolute Gasteiger partial charge is 0.633 e. The van der Waals surface area contributed by atoms with Crippen LogP contribution in [0.4, 0.5) is 0 Å². The van der Waals surface area contributed by atoms with Gasteiger partial charge in [-0.3, -0.25) is 0 Å². The van der Waals surface area contributed by atoms with E-state index in [0.29, 0.717) is 13.0 Å². The zero-order chi connectivity index (χ0) is 22.3. The fourth-order valence-corrected chi connectivity index (χ4v) is 6.87. The van der Waals surface area contributed by atoms with Crippen LogP contribution in [0.25, 0.3) is 0 Å². The molecule has 0 aliphatic carbocycles. The molecule has 0 fully saturated rings. The lowest BCUT2D eigenvalue weighted by atomic mass is 9.95. The van der Waals surface area contributed by atoms with Crippen LogP contribution in [0, 0.1) is 5.21 Å². The molecule has 0 radical (unpaired) electrons. The number of nitrogens with one attached hydrogen (secondary N) is 1. The van der Waals surface area contributed by atoms with Gasteiger partial charge in [-0.1, -0.05) is 72.4 Å². The van der Waals surface area contributed by atoms with Crippen LogP contribution in [0.3, 0.4) is 0 Å². The first kappa shape index (κ1) is 24.4. The van der Waals surface area contributed by atoms with E-state index in [4.69, 9.17) is 4.74 Å². The second-order valence-corrected chi connectivity index (χ2v) is 10.8. The molecule has 3 rings (SSSR count). The van der Waals surface area contributed by atoms with Crippen molar-refractivity contribution in [1.29, 1.82) is 0 Å². The molecule has 170 valence electrons.